The Morgan fingerprint density at radius 2 is 2.00 bits per heavy atom. The van der Waals surface area contributed by atoms with Gasteiger partial charge < -0.3 is 10.5 Å². The van der Waals surface area contributed by atoms with Crippen molar-refractivity contribution in [2.24, 2.45) is 0 Å². The molecule has 6 nitrogen and oxygen atoms in total. The van der Waals surface area contributed by atoms with Gasteiger partial charge >= 0.3 is 0 Å². The van der Waals surface area contributed by atoms with Crippen LogP contribution in [0.4, 0.5) is 5.82 Å². The third-order valence-electron chi connectivity index (χ3n) is 3.29. The van der Waals surface area contributed by atoms with Gasteiger partial charge in [-0.2, -0.15) is 5.26 Å². The Labute approximate surface area is 133 Å². The van der Waals surface area contributed by atoms with Crippen molar-refractivity contribution in [1.29, 1.82) is 5.26 Å². The average molecular weight is 303 g/mol. The van der Waals surface area contributed by atoms with E-state index in [2.05, 4.69) is 21.0 Å². The third kappa shape index (κ3) is 2.80. The third-order valence-corrected chi connectivity index (χ3v) is 3.29. The van der Waals surface area contributed by atoms with Gasteiger partial charge in [-0.15, -0.1) is 0 Å². The predicted molar refractivity (Wildman–Crippen MR) is 86.4 cm³/mol. The van der Waals surface area contributed by atoms with Crippen LogP contribution in [0.2, 0.25) is 0 Å². The van der Waals surface area contributed by atoms with Crippen molar-refractivity contribution in [3.05, 3.63) is 54.2 Å². The highest BCUT2D eigenvalue weighted by Crippen LogP contribution is 2.29. The molecule has 0 bridgehead atoms. The lowest BCUT2D eigenvalue weighted by Gasteiger charge is -2.09. The largest absolute Gasteiger partial charge is 0.497 e. The number of nitrogen functional groups attached to an aromatic ring is 1. The first kappa shape index (κ1) is 14.5. The van der Waals surface area contributed by atoms with Gasteiger partial charge in [-0.25, -0.2) is 9.97 Å². The number of nitrogens with zero attached hydrogens (tertiary/aromatic N) is 4. The SMILES string of the molecule is COc1cccc(-c2nc(-c3ccccn3)nc(N)c2C#N)c1. The molecule has 112 valence electrons. The number of aromatic nitrogens is 3. The number of hydrogen-bond acceptors (Lipinski definition) is 6. The molecule has 0 saturated heterocycles. The molecule has 0 fully saturated rings. The lowest BCUT2D eigenvalue weighted by Crippen LogP contribution is -2.03. The zero-order valence-electron chi connectivity index (χ0n) is 12.4. The molecule has 0 radical (unpaired) electrons. The highest BCUT2D eigenvalue weighted by Gasteiger charge is 2.16. The first-order valence-electron chi connectivity index (χ1n) is 6.86. The Morgan fingerprint density at radius 1 is 1.13 bits per heavy atom. The van der Waals surface area contributed by atoms with Gasteiger partial charge in [0.2, 0.25) is 0 Å². The molecule has 2 N–H and O–H groups in total. The molecule has 0 saturated carbocycles. The van der Waals surface area contributed by atoms with Crippen molar-refractivity contribution in [2.45, 2.75) is 0 Å². The Kier molecular flexibility index (Phi) is 3.85. The van der Waals surface area contributed by atoms with Crippen molar-refractivity contribution in [3.63, 3.8) is 0 Å². The topological polar surface area (TPSA) is 97.7 Å². The van der Waals surface area contributed by atoms with E-state index < -0.39 is 0 Å². The monoisotopic (exact) mass is 303 g/mol. The van der Waals surface area contributed by atoms with Crippen LogP contribution in [-0.4, -0.2) is 22.1 Å². The van der Waals surface area contributed by atoms with Crippen LogP contribution in [0.3, 0.4) is 0 Å². The summed E-state index contributed by atoms with van der Waals surface area (Å²) in [5, 5.41) is 9.39. The fraction of sp³-hybridized carbons (Fsp3) is 0.0588. The molecular formula is C17H13N5O. The minimum Gasteiger partial charge on any atom is -0.497 e. The molecule has 1 aromatic carbocycles. The number of rotatable bonds is 3. The van der Waals surface area contributed by atoms with E-state index in [9.17, 15) is 5.26 Å². The van der Waals surface area contributed by atoms with Gasteiger partial charge in [0.15, 0.2) is 5.82 Å². The van der Waals surface area contributed by atoms with Crippen molar-refractivity contribution in [1.82, 2.24) is 15.0 Å². The fourth-order valence-electron chi connectivity index (χ4n) is 2.18. The zero-order chi connectivity index (χ0) is 16.2. The summed E-state index contributed by atoms with van der Waals surface area (Å²) in [4.78, 5) is 12.9. The number of nitrogens with two attached hydrogens (primary N) is 1. The number of pyridine rings is 1. The number of anilines is 1. The number of benzene rings is 1. The summed E-state index contributed by atoms with van der Waals surface area (Å²) < 4.78 is 5.23. The van der Waals surface area contributed by atoms with E-state index in [1.165, 1.54) is 0 Å². The smallest absolute Gasteiger partial charge is 0.180 e. The van der Waals surface area contributed by atoms with Gasteiger partial charge in [-0.05, 0) is 24.3 Å². The Bertz CT molecular complexity index is 887. The van der Waals surface area contributed by atoms with Crippen LogP contribution in [0.25, 0.3) is 22.8 Å². The van der Waals surface area contributed by atoms with Crippen LogP contribution in [0, 0.1) is 11.3 Å². The van der Waals surface area contributed by atoms with Crippen molar-refractivity contribution >= 4 is 5.82 Å². The second-order valence-corrected chi connectivity index (χ2v) is 4.71. The highest BCUT2D eigenvalue weighted by atomic mass is 16.5. The summed E-state index contributed by atoms with van der Waals surface area (Å²) in [7, 11) is 1.58. The molecule has 23 heavy (non-hydrogen) atoms. The molecule has 2 heterocycles. The van der Waals surface area contributed by atoms with Gasteiger partial charge in [0.05, 0.1) is 12.8 Å². The maximum atomic E-state index is 9.39. The van der Waals surface area contributed by atoms with E-state index in [0.717, 1.165) is 5.56 Å². The molecule has 0 atom stereocenters. The normalized spacial score (nSPS) is 10.1. The van der Waals surface area contributed by atoms with Crippen molar-refractivity contribution in [3.8, 4) is 34.6 Å². The molecule has 0 amide bonds. The Morgan fingerprint density at radius 3 is 2.70 bits per heavy atom. The summed E-state index contributed by atoms with van der Waals surface area (Å²) in [6.07, 6.45) is 1.65. The lowest BCUT2D eigenvalue weighted by molar-refractivity contribution is 0.415. The van der Waals surface area contributed by atoms with E-state index in [-0.39, 0.29) is 11.4 Å². The molecule has 0 aliphatic rings. The fourth-order valence-corrected chi connectivity index (χ4v) is 2.18. The lowest BCUT2D eigenvalue weighted by atomic mass is 10.1. The van der Waals surface area contributed by atoms with Gasteiger partial charge in [0.25, 0.3) is 0 Å². The molecule has 3 aromatic rings. The molecule has 0 aliphatic carbocycles. The van der Waals surface area contributed by atoms with Crippen molar-refractivity contribution in [2.75, 3.05) is 12.8 Å². The summed E-state index contributed by atoms with van der Waals surface area (Å²) in [5.74, 6) is 1.17. The number of ether oxygens (including phenoxy) is 1. The van der Waals surface area contributed by atoms with Gasteiger partial charge in [-0.3, -0.25) is 4.98 Å². The molecule has 3 rings (SSSR count). The summed E-state index contributed by atoms with van der Waals surface area (Å²) >= 11 is 0. The maximum Gasteiger partial charge on any atom is 0.180 e. The first-order valence-corrected chi connectivity index (χ1v) is 6.86. The van der Waals surface area contributed by atoms with Crippen LogP contribution in [-0.2, 0) is 0 Å². The van der Waals surface area contributed by atoms with Gasteiger partial charge in [-0.1, -0.05) is 18.2 Å². The minimum absolute atomic E-state index is 0.126. The minimum atomic E-state index is 0.126. The number of nitriles is 1. The molecule has 0 aliphatic heterocycles. The van der Waals surface area contributed by atoms with Crippen LogP contribution in [0.5, 0.6) is 5.75 Å². The second-order valence-electron chi connectivity index (χ2n) is 4.71. The highest BCUT2D eigenvalue weighted by molar-refractivity contribution is 5.74. The average Bonchev–Trinajstić information content (AvgIpc) is 2.61. The van der Waals surface area contributed by atoms with Crippen molar-refractivity contribution < 1.29 is 4.74 Å². The number of hydrogen-bond donors (Lipinski definition) is 1. The zero-order valence-corrected chi connectivity index (χ0v) is 12.4. The van der Waals surface area contributed by atoms with Crippen LogP contribution < -0.4 is 10.5 Å². The predicted octanol–water partition coefficient (Wildman–Crippen LogP) is 2.67. The van der Waals surface area contributed by atoms with E-state index in [4.69, 9.17) is 10.5 Å². The summed E-state index contributed by atoms with van der Waals surface area (Å²) in [6, 6.07) is 14.8. The molecule has 0 spiro atoms. The van der Waals surface area contributed by atoms with Gasteiger partial charge in [0, 0.05) is 11.8 Å². The van der Waals surface area contributed by atoms with E-state index in [1.54, 1.807) is 31.5 Å². The standard InChI is InChI=1S/C17H13N5O/c1-23-12-6-4-5-11(9-12)15-13(10-18)16(19)22-17(21-15)14-7-2-3-8-20-14/h2-9H,1H3,(H2,19,21,22). The molecular weight excluding hydrogens is 290 g/mol. The second kappa shape index (κ2) is 6.12. The Hall–Kier alpha value is -3.46. The Balaban J connectivity index is 2.22. The van der Waals surface area contributed by atoms with Gasteiger partial charge in [0.1, 0.15) is 28.9 Å². The van der Waals surface area contributed by atoms with Crippen LogP contribution in [0.15, 0.2) is 48.7 Å². The van der Waals surface area contributed by atoms with E-state index in [0.29, 0.717) is 23.0 Å². The molecule has 2 aromatic heterocycles. The van der Waals surface area contributed by atoms with Crippen LogP contribution >= 0.6 is 0 Å². The molecule has 6 heteroatoms. The first-order chi connectivity index (χ1) is 11.2. The van der Waals surface area contributed by atoms with E-state index >= 15 is 0 Å². The van der Waals surface area contributed by atoms with Crippen LogP contribution in [0.1, 0.15) is 5.56 Å². The summed E-state index contributed by atoms with van der Waals surface area (Å²) in [5.41, 5.74) is 7.96. The molecule has 0 unspecified atom stereocenters. The summed E-state index contributed by atoms with van der Waals surface area (Å²) in [6.45, 7) is 0. The van der Waals surface area contributed by atoms with E-state index in [1.807, 2.05) is 24.3 Å². The quantitative estimate of drug-likeness (QED) is 0.798. The number of methoxy groups -OCH3 is 1. The maximum absolute atomic E-state index is 9.39.